The third-order valence-electron chi connectivity index (χ3n) is 6.51. The quantitative estimate of drug-likeness (QED) is 0.457. The summed E-state index contributed by atoms with van der Waals surface area (Å²) in [5, 5.41) is 6.04. The minimum absolute atomic E-state index is 0.00722. The van der Waals surface area contributed by atoms with Crippen molar-refractivity contribution in [3.8, 4) is 23.0 Å². The summed E-state index contributed by atoms with van der Waals surface area (Å²) in [6.07, 6.45) is 3.85. The molecule has 36 heavy (non-hydrogen) atoms. The molecule has 2 aromatic carbocycles. The molecule has 8 nitrogen and oxygen atoms in total. The lowest BCUT2D eigenvalue weighted by atomic mass is 10.1. The predicted octanol–water partition coefficient (Wildman–Crippen LogP) is 4.02. The van der Waals surface area contributed by atoms with E-state index in [9.17, 15) is 9.59 Å². The Morgan fingerprint density at radius 2 is 1.08 bits per heavy atom. The van der Waals surface area contributed by atoms with E-state index in [1.165, 1.54) is 0 Å². The van der Waals surface area contributed by atoms with Crippen molar-refractivity contribution in [2.24, 2.45) is 0 Å². The second kappa shape index (κ2) is 12.5. The van der Waals surface area contributed by atoms with Crippen LogP contribution in [0.15, 0.2) is 48.5 Å². The second-order valence-electron chi connectivity index (χ2n) is 9.45. The summed E-state index contributed by atoms with van der Waals surface area (Å²) in [5.41, 5.74) is 0. The number of hydrogen-bond acceptors (Lipinski definition) is 6. The van der Waals surface area contributed by atoms with Crippen molar-refractivity contribution < 1.29 is 28.5 Å². The molecule has 0 fully saturated rings. The molecule has 0 saturated carbocycles. The Bertz CT molecular complexity index is 947. The van der Waals surface area contributed by atoms with Crippen LogP contribution in [-0.4, -0.2) is 49.3 Å². The highest BCUT2D eigenvalue weighted by molar-refractivity contribution is 5.76. The van der Waals surface area contributed by atoms with Crippen molar-refractivity contribution in [1.29, 1.82) is 0 Å². The van der Waals surface area contributed by atoms with Crippen LogP contribution in [0, 0.1) is 0 Å². The van der Waals surface area contributed by atoms with Gasteiger partial charge in [0.25, 0.3) is 0 Å². The lowest BCUT2D eigenvalue weighted by molar-refractivity contribution is -0.123. The number of nitrogens with one attached hydrogen (secondary N) is 2. The minimum Gasteiger partial charge on any atom is -0.486 e. The zero-order valence-electron chi connectivity index (χ0n) is 21.0. The van der Waals surface area contributed by atoms with Gasteiger partial charge in [0, 0.05) is 12.8 Å². The van der Waals surface area contributed by atoms with Crippen molar-refractivity contribution in [2.45, 2.75) is 76.7 Å². The molecule has 2 aromatic rings. The Kier molecular flexibility index (Phi) is 8.92. The molecule has 0 aromatic heterocycles. The summed E-state index contributed by atoms with van der Waals surface area (Å²) in [6.45, 7) is 4.68. The van der Waals surface area contributed by atoms with Crippen LogP contribution in [-0.2, 0) is 9.59 Å². The van der Waals surface area contributed by atoms with Gasteiger partial charge in [-0.25, -0.2) is 0 Å². The number of unbranched alkanes of at least 4 members (excludes halogenated alkanes) is 3. The molecule has 2 N–H and O–H groups in total. The lowest BCUT2D eigenvalue weighted by Gasteiger charge is -2.30. The van der Waals surface area contributed by atoms with Crippen LogP contribution >= 0.6 is 0 Å². The van der Waals surface area contributed by atoms with Gasteiger partial charge in [-0.05, 0) is 51.0 Å². The maximum atomic E-state index is 12.3. The molecule has 8 heteroatoms. The maximum absolute atomic E-state index is 12.3. The monoisotopic (exact) mass is 496 g/mol. The number of carbonyl (C=O) groups excluding carboxylic acids is 2. The number of hydrogen-bond donors (Lipinski definition) is 2. The number of benzene rings is 2. The van der Waals surface area contributed by atoms with Gasteiger partial charge in [0.05, 0.1) is 12.1 Å². The van der Waals surface area contributed by atoms with Crippen LogP contribution in [0.5, 0.6) is 23.0 Å². The molecule has 194 valence electrons. The molecular weight excluding hydrogens is 460 g/mol. The molecule has 4 rings (SSSR count). The first-order valence-electron chi connectivity index (χ1n) is 12.9. The van der Waals surface area contributed by atoms with Crippen LogP contribution < -0.4 is 29.6 Å². The molecule has 2 amide bonds. The molecule has 0 saturated heterocycles. The van der Waals surface area contributed by atoms with Gasteiger partial charge < -0.3 is 29.6 Å². The molecule has 0 aliphatic carbocycles. The summed E-state index contributed by atoms with van der Waals surface area (Å²) >= 11 is 0. The van der Waals surface area contributed by atoms with Crippen molar-refractivity contribution in [3.05, 3.63) is 48.5 Å². The summed E-state index contributed by atoms with van der Waals surface area (Å²) in [6, 6.07) is 14.8. The van der Waals surface area contributed by atoms with Crippen LogP contribution in [0.25, 0.3) is 0 Å². The van der Waals surface area contributed by atoms with Crippen LogP contribution in [0.2, 0.25) is 0 Å². The van der Waals surface area contributed by atoms with Crippen LogP contribution in [0.4, 0.5) is 0 Å². The Balaban J connectivity index is 1.05. The van der Waals surface area contributed by atoms with Gasteiger partial charge in [-0.3, -0.25) is 9.59 Å². The Labute approximate surface area is 212 Å². The molecular formula is C28H36N2O6. The fourth-order valence-electron chi connectivity index (χ4n) is 4.33. The molecule has 2 aliphatic rings. The maximum Gasteiger partial charge on any atom is 0.220 e. The Morgan fingerprint density at radius 1 is 0.694 bits per heavy atom. The summed E-state index contributed by atoms with van der Waals surface area (Å²) in [7, 11) is 0. The van der Waals surface area contributed by atoms with E-state index in [1.54, 1.807) is 0 Å². The molecule has 0 radical (unpaired) electrons. The van der Waals surface area contributed by atoms with Crippen molar-refractivity contribution >= 4 is 11.8 Å². The summed E-state index contributed by atoms with van der Waals surface area (Å²) in [4.78, 5) is 24.7. The summed E-state index contributed by atoms with van der Waals surface area (Å²) in [5.74, 6) is 2.90. The van der Waals surface area contributed by atoms with E-state index < -0.39 is 0 Å². The number of ether oxygens (including phenoxy) is 4. The predicted molar refractivity (Wildman–Crippen MR) is 136 cm³/mol. The van der Waals surface area contributed by atoms with Gasteiger partial charge in [-0.1, -0.05) is 37.1 Å². The molecule has 2 heterocycles. The molecule has 0 unspecified atom stereocenters. The number of fused-ring (bicyclic) bond motifs is 2. The lowest BCUT2D eigenvalue weighted by Crippen LogP contribution is -2.48. The molecule has 0 spiro atoms. The van der Waals surface area contributed by atoms with E-state index in [0.29, 0.717) is 37.6 Å². The van der Waals surface area contributed by atoms with E-state index >= 15 is 0 Å². The number of para-hydroxylation sites is 4. The standard InChI is InChI=1S/C28H36N2O6/c1-19(25-17-33-21-11-7-9-13-23(21)35-25)29-27(31)15-5-3-4-6-16-28(32)30-20(2)26-18-34-22-12-8-10-14-24(22)36-26/h7-14,19-20,25-26H,3-6,15-18H2,1-2H3,(H,29,31)(H,30,32)/t19-,20+,25+,26-. The molecule has 0 bridgehead atoms. The molecule has 2 aliphatic heterocycles. The van der Waals surface area contributed by atoms with E-state index in [-0.39, 0.29) is 36.1 Å². The fourth-order valence-corrected chi connectivity index (χ4v) is 4.33. The van der Waals surface area contributed by atoms with Crippen molar-refractivity contribution in [3.63, 3.8) is 0 Å². The van der Waals surface area contributed by atoms with E-state index in [0.717, 1.165) is 37.2 Å². The first-order valence-corrected chi connectivity index (χ1v) is 12.9. The third kappa shape index (κ3) is 7.06. The SMILES string of the molecule is C[C@H](NC(=O)CCCCCCC(=O)N[C@H](C)[C@@H]1COc2ccccc2O1)[C@H]1COc2ccccc2O1. The smallest absolute Gasteiger partial charge is 0.220 e. The van der Waals surface area contributed by atoms with E-state index in [2.05, 4.69) is 10.6 Å². The zero-order chi connectivity index (χ0) is 25.3. The highest BCUT2D eigenvalue weighted by Crippen LogP contribution is 2.32. The number of carbonyl (C=O) groups is 2. The van der Waals surface area contributed by atoms with Gasteiger partial charge in [-0.2, -0.15) is 0 Å². The Hall–Kier alpha value is -3.42. The topological polar surface area (TPSA) is 95.1 Å². The first kappa shape index (κ1) is 25.7. The van der Waals surface area contributed by atoms with E-state index in [1.807, 2.05) is 62.4 Å². The van der Waals surface area contributed by atoms with Crippen LogP contribution in [0.3, 0.4) is 0 Å². The van der Waals surface area contributed by atoms with Gasteiger partial charge in [-0.15, -0.1) is 0 Å². The normalized spacial score (nSPS) is 19.6. The molecule has 4 atom stereocenters. The summed E-state index contributed by atoms with van der Waals surface area (Å²) < 4.78 is 23.4. The van der Waals surface area contributed by atoms with Crippen molar-refractivity contribution in [1.82, 2.24) is 10.6 Å². The van der Waals surface area contributed by atoms with Crippen molar-refractivity contribution in [2.75, 3.05) is 13.2 Å². The van der Waals surface area contributed by atoms with Gasteiger partial charge in [0.1, 0.15) is 13.2 Å². The highest BCUT2D eigenvalue weighted by atomic mass is 16.6. The van der Waals surface area contributed by atoms with Gasteiger partial charge in [0.15, 0.2) is 35.2 Å². The number of rotatable bonds is 11. The number of amides is 2. The minimum atomic E-state index is -0.218. The highest BCUT2D eigenvalue weighted by Gasteiger charge is 2.28. The van der Waals surface area contributed by atoms with Crippen LogP contribution in [0.1, 0.15) is 52.4 Å². The second-order valence-corrected chi connectivity index (χ2v) is 9.45. The van der Waals surface area contributed by atoms with Gasteiger partial charge in [0.2, 0.25) is 11.8 Å². The fraction of sp³-hybridized carbons (Fsp3) is 0.500. The first-order chi connectivity index (χ1) is 17.5. The largest absolute Gasteiger partial charge is 0.486 e. The third-order valence-corrected chi connectivity index (χ3v) is 6.51. The van der Waals surface area contributed by atoms with Gasteiger partial charge >= 0.3 is 0 Å². The zero-order valence-corrected chi connectivity index (χ0v) is 21.0. The Morgan fingerprint density at radius 3 is 1.50 bits per heavy atom. The average Bonchev–Trinajstić information content (AvgIpc) is 2.90. The van der Waals surface area contributed by atoms with E-state index in [4.69, 9.17) is 18.9 Å². The average molecular weight is 497 g/mol.